The Kier molecular flexibility index (Phi) is 3.59. The molecule has 0 spiro atoms. The average molecular weight is 290 g/mol. The monoisotopic (exact) mass is 290 g/mol. The minimum atomic E-state index is -5.37. The summed E-state index contributed by atoms with van der Waals surface area (Å²) in [5.74, 6) is -2.83. The fraction of sp³-hybridized carbons (Fsp3) is 0.375. The molecule has 0 aliphatic carbocycles. The number of nitrogens with zero attached hydrogens (tertiary/aromatic N) is 2. The number of hydrogen-bond acceptors (Lipinski definition) is 4. The number of aromatic nitrogens is 1. The molecule has 1 aromatic heterocycles. The second kappa shape index (κ2) is 4.55. The zero-order valence-corrected chi connectivity index (χ0v) is 8.96. The van der Waals surface area contributed by atoms with Crippen LogP contribution in [0, 0.1) is 17.0 Å². The van der Waals surface area contributed by atoms with Crippen molar-refractivity contribution >= 4 is 5.82 Å². The van der Waals surface area contributed by atoms with E-state index in [0.717, 1.165) is 6.92 Å². The standard InChI is InChI=1S/C8H4F6N2O3/c1-3-2-4(16(17)18)15-6(7(9,10)11)5(3)19-8(12,13)14/h2H,1H3. The van der Waals surface area contributed by atoms with Gasteiger partial charge in [-0.15, -0.1) is 13.2 Å². The molecule has 19 heavy (non-hydrogen) atoms. The van der Waals surface area contributed by atoms with E-state index in [1.807, 2.05) is 0 Å². The number of nitro groups is 1. The molecule has 0 bridgehead atoms. The van der Waals surface area contributed by atoms with Gasteiger partial charge in [-0.3, -0.25) is 0 Å². The molecule has 1 aromatic rings. The lowest BCUT2D eigenvalue weighted by Crippen LogP contribution is -2.22. The smallest absolute Gasteiger partial charge is 0.401 e. The Bertz CT molecular complexity index is 510. The van der Waals surface area contributed by atoms with Crippen molar-refractivity contribution in [2.24, 2.45) is 0 Å². The molecule has 0 fully saturated rings. The van der Waals surface area contributed by atoms with Gasteiger partial charge < -0.3 is 14.9 Å². The quantitative estimate of drug-likeness (QED) is 0.476. The summed E-state index contributed by atoms with van der Waals surface area (Å²) in [6.45, 7) is 0.811. The largest absolute Gasteiger partial charge is 0.573 e. The topological polar surface area (TPSA) is 65.3 Å². The second-order valence-electron chi connectivity index (χ2n) is 3.28. The van der Waals surface area contributed by atoms with Gasteiger partial charge in [-0.05, 0) is 16.8 Å². The number of aryl methyl sites for hydroxylation is 1. The highest BCUT2D eigenvalue weighted by molar-refractivity contribution is 5.43. The highest BCUT2D eigenvalue weighted by Crippen LogP contribution is 2.40. The van der Waals surface area contributed by atoms with E-state index in [1.54, 1.807) is 0 Å². The van der Waals surface area contributed by atoms with Crippen molar-refractivity contribution in [3.63, 3.8) is 0 Å². The predicted octanol–water partition coefficient (Wildman–Crippen LogP) is 3.22. The van der Waals surface area contributed by atoms with E-state index in [9.17, 15) is 36.5 Å². The van der Waals surface area contributed by atoms with E-state index < -0.39 is 40.3 Å². The van der Waals surface area contributed by atoms with Crippen LogP contribution in [0.1, 0.15) is 11.3 Å². The van der Waals surface area contributed by atoms with Gasteiger partial charge in [-0.25, -0.2) is 0 Å². The first-order valence-electron chi connectivity index (χ1n) is 4.41. The Labute approximate surface area is 101 Å². The molecule has 0 unspecified atom stereocenters. The van der Waals surface area contributed by atoms with Crippen LogP contribution in [-0.2, 0) is 6.18 Å². The summed E-state index contributed by atoms with van der Waals surface area (Å²) in [4.78, 5) is 11.6. The summed E-state index contributed by atoms with van der Waals surface area (Å²) in [5.41, 5.74) is -2.80. The molecule has 1 rings (SSSR count). The molecule has 0 aromatic carbocycles. The summed E-state index contributed by atoms with van der Waals surface area (Å²) in [7, 11) is 0. The fourth-order valence-electron chi connectivity index (χ4n) is 1.17. The lowest BCUT2D eigenvalue weighted by atomic mass is 10.2. The zero-order valence-electron chi connectivity index (χ0n) is 8.96. The van der Waals surface area contributed by atoms with E-state index >= 15 is 0 Å². The van der Waals surface area contributed by atoms with Crippen molar-refractivity contribution in [3.8, 4) is 5.75 Å². The molecule has 0 radical (unpaired) electrons. The van der Waals surface area contributed by atoms with Crippen LogP contribution < -0.4 is 4.74 Å². The number of rotatable bonds is 2. The van der Waals surface area contributed by atoms with E-state index in [4.69, 9.17) is 0 Å². The SMILES string of the molecule is Cc1cc([N+](=O)[O-])nc(C(F)(F)F)c1OC(F)(F)F. The Hall–Kier alpha value is -2.07. The van der Waals surface area contributed by atoms with Crippen LogP contribution in [0.25, 0.3) is 0 Å². The van der Waals surface area contributed by atoms with E-state index in [0.29, 0.717) is 6.07 Å². The molecule has 0 saturated carbocycles. The summed E-state index contributed by atoms with van der Waals surface area (Å²) in [6, 6.07) is 0.455. The normalized spacial score (nSPS) is 12.4. The molecule has 5 nitrogen and oxygen atoms in total. The van der Waals surface area contributed by atoms with Crippen LogP contribution in [0.15, 0.2) is 6.07 Å². The molecule has 0 amide bonds. The molecule has 0 atom stereocenters. The maximum absolute atomic E-state index is 12.5. The maximum Gasteiger partial charge on any atom is 0.573 e. The van der Waals surface area contributed by atoms with Crippen LogP contribution in [0.3, 0.4) is 0 Å². The molecule has 106 valence electrons. The Morgan fingerprint density at radius 3 is 2.16 bits per heavy atom. The first-order chi connectivity index (χ1) is 8.42. The van der Waals surface area contributed by atoms with Gasteiger partial charge in [-0.1, -0.05) is 0 Å². The van der Waals surface area contributed by atoms with Gasteiger partial charge in [0.15, 0.2) is 5.75 Å². The zero-order chi connectivity index (χ0) is 15.0. The molecular weight excluding hydrogens is 286 g/mol. The van der Waals surface area contributed by atoms with Crippen LogP contribution in [0.5, 0.6) is 5.75 Å². The molecule has 0 aliphatic heterocycles. The number of ether oxygens (including phenoxy) is 1. The highest BCUT2D eigenvalue weighted by atomic mass is 19.4. The van der Waals surface area contributed by atoms with Crippen molar-refractivity contribution in [3.05, 3.63) is 27.4 Å². The molecule has 11 heteroatoms. The first-order valence-corrected chi connectivity index (χ1v) is 4.41. The maximum atomic E-state index is 12.5. The third kappa shape index (κ3) is 3.69. The summed E-state index contributed by atoms with van der Waals surface area (Å²) < 4.78 is 76.8. The van der Waals surface area contributed by atoms with Gasteiger partial charge in [0, 0.05) is 11.6 Å². The minimum Gasteiger partial charge on any atom is -0.401 e. The number of pyridine rings is 1. The molecule has 1 heterocycles. The van der Waals surface area contributed by atoms with Gasteiger partial charge in [0.2, 0.25) is 0 Å². The van der Waals surface area contributed by atoms with E-state index in [2.05, 4.69) is 9.72 Å². The van der Waals surface area contributed by atoms with E-state index in [-0.39, 0.29) is 0 Å². The Balaban J connectivity index is 3.49. The number of hydrogen-bond donors (Lipinski definition) is 0. The van der Waals surface area contributed by atoms with E-state index in [1.165, 1.54) is 0 Å². The van der Waals surface area contributed by atoms with Crippen LogP contribution in [0.2, 0.25) is 0 Å². The molecular formula is C8H4F6N2O3. The Morgan fingerprint density at radius 2 is 1.79 bits per heavy atom. The van der Waals surface area contributed by atoms with Crippen LogP contribution >= 0.6 is 0 Å². The van der Waals surface area contributed by atoms with Crippen molar-refractivity contribution < 1.29 is 36.0 Å². The van der Waals surface area contributed by atoms with Gasteiger partial charge in [0.25, 0.3) is 5.69 Å². The third-order valence-electron chi connectivity index (χ3n) is 1.82. The molecule has 0 N–H and O–H groups in total. The lowest BCUT2D eigenvalue weighted by Gasteiger charge is -2.13. The molecule has 0 aliphatic rings. The summed E-state index contributed by atoms with van der Waals surface area (Å²) in [6.07, 6.45) is -10.7. The second-order valence-corrected chi connectivity index (χ2v) is 3.28. The lowest BCUT2D eigenvalue weighted by molar-refractivity contribution is -0.390. The van der Waals surface area contributed by atoms with Gasteiger partial charge in [0.05, 0.1) is 0 Å². The first kappa shape index (κ1) is 15.0. The van der Waals surface area contributed by atoms with Crippen molar-refractivity contribution in [1.82, 2.24) is 4.98 Å². The summed E-state index contributed by atoms with van der Waals surface area (Å²) >= 11 is 0. The van der Waals surface area contributed by atoms with Gasteiger partial charge in [0.1, 0.15) is 0 Å². The Morgan fingerprint density at radius 1 is 1.26 bits per heavy atom. The average Bonchev–Trinajstić information content (AvgIpc) is 2.16. The number of alkyl halides is 6. The predicted molar refractivity (Wildman–Crippen MR) is 47.3 cm³/mol. The molecule has 0 saturated heterocycles. The fourth-order valence-corrected chi connectivity index (χ4v) is 1.17. The minimum absolute atomic E-state index is 0.455. The third-order valence-corrected chi connectivity index (χ3v) is 1.82. The van der Waals surface area contributed by atoms with Gasteiger partial charge in [-0.2, -0.15) is 13.2 Å². The van der Waals surface area contributed by atoms with Gasteiger partial charge >= 0.3 is 18.4 Å². The summed E-state index contributed by atoms with van der Waals surface area (Å²) in [5, 5.41) is 10.3. The van der Waals surface area contributed by atoms with Crippen molar-refractivity contribution in [2.75, 3.05) is 0 Å². The van der Waals surface area contributed by atoms with Crippen LogP contribution in [-0.4, -0.2) is 16.3 Å². The highest BCUT2D eigenvalue weighted by Gasteiger charge is 2.46. The number of halogens is 6. The van der Waals surface area contributed by atoms with Crippen molar-refractivity contribution in [1.29, 1.82) is 0 Å². The van der Waals surface area contributed by atoms with Crippen molar-refractivity contribution in [2.45, 2.75) is 19.5 Å². The van der Waals surface area contributed by atoms with Crippen LogP contribution in [0.4, 0.5) is 32.2 Å².